The number of carbonyl (C=O) groups is 2. The fourth-order valence-electron chi connectivity index (χ4n) is 3.33. The highest BCUT2D eigenvalue weighted by Crippen LogP contribution is 2.24. The normalized spacial score (nSPS) is 12.8. The Morgan fingerprint density at radius 1 is 1.19 bits per heavy atom. The number of nitrogens with one attached hydrogen (secondary N) is 2. The first-order valence-electron chi connectivity index (χ1n) is 9.69. The number of aliphatic carboxylic acids is 1. The van der Waals surface area contributed by atoms with Crippen LogP contribution in [0.2, 0.25) is 5.02 Å². The van der Waals surface area contributed by atoms with E-state index >= 15 is 0 Å². The number of methoxy groups -OCH3 is 1. The van der Waals surface area contributed by atoms with Crippen molar-refractivity contribution in [1.29, 1.82) is 0 Å². The van der Waals surface area contributed by atoms with Crippen LogP contribution in [0.3, 0.4) is 0 Å². The minimum atomic E-state index is -0.972. The number of aromatic nitrogens is 3. The molecule has 0 spiro atoms. The van der Waals surface area contributed by atoms with Gasteiger partial charge in [-0.3, -0.25) is 14.7 Å². The van der Waals surface area contributed by atoms with Crippen LogP contribution in [0.4, 0.5) is 0 Å². The minimum Gasteiger partial charge on any atom is -0.481 e. The third kappa shape index (κ3) is 6.37. The number of H-pyrrole nitrogens is 1. The van der Waals surface area contributed by atoms with E-state index in [1.165, 1.54) is 13.3 Å². The van der Waals surface area contributed by atoms with Gasteiger partial charge in [0.25, 0.3) is 5.91 Å². The molecule has 0 saturated heterocycles. The number of aromatic amines is 1. The molecule has 0 aliphatic heterocycles. The number of nitrogens with zero attached hydrogens (tertiary/aromatic N) is 2. The summed E-state index contributed by atoms with van der Waals surface area (Å²) in [7, 11) is 1.45. The summed E-state index contributed by atoms with van der Waals surface area (Å²) in [6, 6.07) is 15.0. The van der Waals surface area contributed by atoms with Crippen molar-refractivity contribution in [2.45, 2.75) is 18.9 Å². The highest BCUT2D eigenvalue weighted by Gasteiger charge is 2.25. The zero-order valence-corrected chi connectivity index (χ0v) is 17.7. The topological polar surface area (TPSA) is 117 Å². The van der Waals surface area contributed by atoms with Gasteiger partial charge in [-0.1, -0.05) is 53.2 Å². The molecule has 0 fully saturated rings. The van der Waals surface area contributed by atoms with Gasteiger partial charge in [-0.2, -0.15) is 0 Å². The molecule has 1 heterocycles. The molecule has 8 nitrogen and oxygen atoms in total. The van der Waals surface area contributed by atoms with Crippen molar-refractivity contribution in [2.24, 2.45) is 5.92 Å². The van der Waals surface area contributed by atoms with E-state index in [1.807, 2.05) is 48.5 Å². The highest BCUT2D eigenvalue weighted by molar-refractivity contribution is 6.30. The third-order valence-corrected chi connectivity index (χ3v) is 5.11. The van der Waals surface area contributed by atoms with Crippen molar-refractivity contribution < 1.29 is 19.4 Å². The Bertz CT molecular complexity index is 1010. The van der Waals surface area contributed by atoms with E-state index < -0.39 is 23.8 Å². The number of hydrogen-bond acceptors (Lipinski definition) is 5. The summed E-state index contributed by atoms with van der Waals surface area (Å²) in [5.41, 5.74) is 3.18. The Kier molecular flexibility index (Phi) is 7.75. The van der Waals surface area contributed by atoms with E-state index in [2.05, 4.69) is 20.7 Å². The van der Waals surface area contributed by atoms with Crippen LogP contribution < -0.4 is 5.32 Å². The van der Waals surface area contributed by atoms with Crippen molar-refractivity contribution in [2.75, 3.05) is 13.7 Å². The molecule has 0 radical (unpaired) electrons. The summed E-state index contributed by atoms with van der Waals surface area (Å²) in [6.07, 6.45) is 1.99. The van der Waals surface area contributed by atoms with Gasteiger partial charge in [0.05, 0.1) is 18.7 Å². The molecule has 3 N–H and O–H groups in total. The predicted octanol–water partition coefficient (Wildman–Crippen LogP) is 3.20. The largest absolute Gasteiger partial charge is 0.481 e. The molecule has 1 aromatic heterocycles. The Balaban J connectivity index is 1.76. The molecule has 0 unspecified atom stereocenters. The molecule has 1 amide bonds. The maximum Gasteiger partial charge on any atom is 0.308 e. The van der Waals surface area contributed by atoms with Crippen molar-refractivity contribution in [3.63, 3.8) is 0 Å². The highest BCUT2D eigenvalue weighted by atomic mass is 35.5. The van der Waals surface area contributed by atoms with E-state index in [-0.39, 0.29) is 18.7 Å². The first-order chi connectivity index (χ1) is 15.0. The van der Waals surface area contributed by atoms with Crippen LogP contribution in [0.5, 0.6) is 0 Å². The molecule has 0 aliphatic carbocycles. The van der Waals surface area contributed by atoms with Gasteiger partial charge in [-0.15, -0.1) is 5.10 Å². The van der Waals surface area contributed by atoms with Crippen LogP contribution >= 0.6 is 11.6 Å². The fraction of sp³-hybridized carbons (Fsp3) is 0.273. The zero-order valence-electron chi connectivity index (χ0n) is 16.9. The molecule has 2 aromatic carbocycles. The predicted molar refractivity (Wildman–Crippen MR) is 116 cm³/mol. The van der Waals surface area contributed by atoms with E-state index in [4.69, 9.17) is 16.3 Å². The minimum absolute atomic E-state index is 0.0566. The molecule has 162 valence electrons. The number of carboxylic acid groups (broad SMARTS) is 1. The SMILES string of the molecule is COC[C@H](C[C@@H](Cc1ccc(-c2cccc(Cl)c2)cc1)NC(=O)c1cnn[nH]1)C(=O)O. The third-order valence-electron chi connectivity index (χ3n) is 4.87. The maximum absolute atomic E-state index is 12.5. The zero-order chi connectivity index (χ0) is 22.2. The molecule has 9 heteroatoms. The Labute approximate surface area is 184 Å². The molecule has 2 atom stereocenters. The Hall–Kier alpha value is -3.23. The van der Waals surface area contributed by atoms with Crippen molar-refractivity contribution in [3.05, 3.63) is 71.0 Å². The monoisotopic (exact) mass is 442 g/mol. The van der Waals surface area contributed by atoms with Gasteiger partial charge in [-0.05, 0) is 41.7 Å². The lowest BCUT2D eigenvalue weighted by molar-refractivity contribution is -0.144. The number of hydrogen-bond donors (Lipinski definition) is 3. The van der Waals surface area contributed by atoms with Gasteiger partial charge in [-0.25, -0.2) is 0 Å². The van der Waals surface area contributed by atoms with Gasteiger partial charge in [0.1, 0.15) is 5.69 Å². The van der Waals surface area contributed by atoms with E-state index in [9.17, 15) is 14.7 Å². The molecular weight excluding hydrogens is 420 g/mol. The summed E-state index contributed by atoms with van der Waals surface area (Å²) in [5, 5.41) is 22.7. The molecule has 31 heavy (non-hydrogen) atoms. The van der Waals surface area contributed by atoms with E-state index in [1.54, 1.807) is 0 Å². The standard InChI is InChI=1S/C22H23ClN4O4/c1-31-13-17(22(29)30)11-19(25-21(28)20-12-24-27-26-20)9-14-5-7-15(8-6-14)16-3-2-4-18(23)10-16/h2-8,10,12,17,19H,9,11,13H2,1H3,(H,25,28)(H,29,30)(H,24,26,27)/t17-,19+/m0/s1. The summed E-state index contributed by atoms with van der Waals surface area (Å²) in [5.74, 6) is -2.12. The Morgan fingerprint density at radius 3 is 2.58 bits per heavy atom. The van der Waals surface area contributed by atoms with Crippen molar-refractivity contribution in [3.8, 4) is 11.1 Å². The van der Waals surface area contributed by atoms with Crippen LogP contribution in [0.25, 0.3) is 11.1 Å². The average molecular weight is 443 g/mol. The van der Waals surface area contributed by atoms with Crippen LogP contribution in [0.15, 0.2) is 54.7 Å². The number of carboxylic acids is 1. The lowest BCUT2D eigenvalue weighted by atomic mass is 9.94. The van der Waals surface area contributed by atoms with Crippen LogP contribution in [0, 0.1) is 5.92 Å². The summed E-state index contributed by atoms with van der Waals surface area (Å²) in [6.45, 7) is 0.0566. The second-order valence-corrected chi connectivity index (χ2v) is 7.61. The van der Waals surface area contributed by atoms with Gasteiger partial charge in [0.15, 0.2) is 0 Å². The van der Waals surface area contributed by atoms with Crippen LogP contribution in [-0.4, -0.2) is 52.2 Å². The molecule has 0 saturated carbocycles. The second kappa shape index (κ2) is 10.7. The molecular formula is C22H23ClN4O4. The fourth-order valence-corrected chi connectivity index (χ4v) is 3.52. The van der Waals surface area contributed by atoms with E-state index in [0.29, 0.717) is 11.4 Å². The smallest absolute Gasteiger partial charge is 0.308 e. The lowest BCUT2D eigenvalue weighted by Gasteiger charge is -2.22. The number of rotatable bonds is 10. The summed E-state index contributed by atoms with van der Waals surface area (Å²) in [4.78, 5) is 24.1. The second-order valence-electron chi connectivity index (χ2n) is 7.18. The van der Waals surface area contributed by atoms with Crippen LogP contribution in [-0.2, 0) is 16.0 Å². The maximum atomic E-state index is 12.5. The average Bonchev–Trinajstić information content (AvgIpc) is 3.29. The first kappa shape index (κ1) is 22.5. The molecule has 3 aromatic rings. The van der Waals surface area contributed by atoms with Gasteiger partial charge in [0, 0.05) is 18.2 Å². The number of carbonyl (C=O) groups excluding carboxylic acids is 1. The van der Waals surface area contributed by atoms with E-state index in [0.717, 1.165) is 16.7 Å². The first-order valence-corrected chi connectivity index (χ1v) is 10.1. The number of amides is 1. The summed E-state index contributed by atoms with van der Waals surface area (Å²) < 4.78 is 5.04. The number of halogens is 1. The van der Waals surface area contributed by atoms with Crippen molar-refractivity contribution in [1.82, 2.24) is 20.7 Å². The Morgan fingerprint density at radius 2 is 1.97 bits per heavy atom. The van der Waals surface area contributed by atoms with Gasteiger partial charge < -0.3 is 15.2 Å². The van der Waals surface area contributed by atoms with Crippen LogP contribution in [0.1, 0.15) is 22.5 Å². The lowest BCUT2D eigenvalue weighted by Crippen LogP contribution is -2.40. The quantitative estimate of drug-likeness (QED) is 0.444. The van der Waals surface area contributed by atoms with Gasteiger partial charge in [0.2, 0.25) is 0 Å². The molecule has 0 bridgehead atoms. The number of ether oxygens (including phenoxy) is 1. The van der Waals surface area contributed by atoms with Crippen molar-refractivity contribution >= 4 is 23.5 Å². The molecule has 3 rings (SSSR count). The number of benzene rings is 2. The van der Waals surface area contributed by atoms with Gasteiger partial charge >= 0.3 is 5.97 Å². The summed E-state index contributed by atoms with van der Waals surface area (Å²) >= 11 is 6.08. The molecule has 0 aliphatic rings.